The third-order valence-corrected chi connectivity index (χ3v) is 5.53. The van der Waals surface area contributed by atoms with Crippen LogP contribution in [0.3, 0.4) is 0 Å². The first-order valence-corrected chi connectivity index (χ1v) is 9.95. The molecule has 0 bridgehead atoms. The zero-order valence-electron chi connectivity index (χ0n) is 17.0. The smallest absolute Gasteiger partial charge is 0.340 e. The van der Waals surface area contributed by atoms with Crippen LogP contribution in [0.25, 0.3) is 27.6 Å². The molecular weight excluding hydrogens is 380 g/mol. The second-order valence-electron chi connectivity index (χ2n) is 7.33. The first-order chi connectivity index (χ1) is 14.7. The van der Waals surface area contributed by atoms with E-state index in [2.05, 4.69) is 22.0 Å². The Morgan fingerprint density at radius 2 is 1.90 bits per heavy atom. The number of para-hydroxylation sites is 1. The average Bonchev–Trinajstić information content (AvgIpc) is 3.13. The molecule has 0 amide bonds. The number of rotatable bonds is 3. The summed E-state index contributed by atoms with van der Waals surface area (Å²) in [6.07, 6.45) is 1.84. The number of ether oxygens (including phenoxy) is 2. The number of methoxy groups -OCH3 is 1. The lowest BCUT2D eigenvalue weighted by Gasteiger charge is -2.29. The van der Waals surface area contributed by atoms with Gasteiger partial charge in [0.1, 0.15) is 11.3 Å². The highest BCUT2D eigenvalue weighted by Gasteiger charge is 2.22. The summed E-state index contributed by atoms with van der Waals surface area (Å²) >= 11 is 0. The predicted molar refractivity (Wildman–Crippen MR) is 115 cm³/mol. The van der Waals surface area contributed by atoms with Crippen molar-refractivity contribution in [3.8, 4) is 5.69 Å². The first kappa shape index (κ1) is 18.6. The molecule has 3 heterocycles. The van der Waals surface area contributed by atoms with Crippen molar-refractivity contribution < 1.29 is 14.3 Å². The molecule has 0 spiro atoms. The lowest BCUT2D eigenvalue weighted by Crippen LogP contribution is -2.36. The number of hydrogen-bond acceptors (Lipinski definition) is 6. The van der Waals surface area contributed by atoms with Gasteiger partial charge in [0.05, 0.1) is 48.8 Å². The van der Waals surface area contributed by atoms with Gasteiger partial charge in [-0.05, 0) is 31.2 Å². The zero-order valence-corrected chi connectivity index (χ0v) is 17.0. The molecule has 7 nitrogen and oxygen atoms in total. The topological polar surface area (TPSA) is 69.5 Å². The van der Waals surface area contributed by atoms with E-state index in [0.717, 1.165) is 46.7 Å². The minimum absolute atomic E-state index is 0.392. The maximum Gasteiger partial charge on any atom is 0.340 e. The van der Waals surface area contributed by atoms with Crippen molar-refractivity contribution in [2.24, 2.45) is 0 Å². The monoisotopic (exact) mass is 402 g/mol. The summed E-state index contributed by atoms with van der Waals surface area (Å²) in [4.78, 5) is 24.1. The summed E-state index contributed by atoms with van der Waals surface area (Å²) < 4.78 is 12.6. The molecule has 1 fully saturated rings. The van der Waals surface area contributed by atoms with Crippen LogP contribution in [0.1, 0.15) is 16.2 Å². The SMILES string of the molecule is COC(=O)c1cc(N2CCOCC2)cc2c1nc(C)n2-c1cnc2ccccc2c1. The first-order valence-electron chi connectivity index (χ1n) is 9.95. The quantitative estimate of drug-likeness (QED) is 0.489. The van der Waals surface area contributed by atoms with Gasteiger partial charge in [0.25, 0.3) is 0 Å². The lowest BCUT2D eigenvalue weighted by atomic mass is 10.1. The molecule has 2 aromatic heterocycles. The molecule has 0 N–H and O–H groups in total. The van der Waals surface area contributed by atoms with E-state index < -0.39 is 5.97 Å². The van der Waals surface area contributed by atoms with Crippen LogP contribution in [0.4, 0.5) is 5.69 Å². The molecule has 30 heavy (non-hydrogen) atoms. The highest BCUT2D eigenvalue weighted by molar-refractivity contribution is 6.04. The molecular formula is C23H22N4O3. The molecule has 152 valence electrons. The number of hydrogen-bond donors (Lipinski definition) is 0. The maximum absolute atomic E-state index is 12.6. The molecule has 1 saturated heterocycles. The molecule has 5 rings (SSSR count). The third-order valence-electron chi connectivity index (χ3n) is 5.53. The maximum atomic E-state index is 12.6. The number of fused-ring (bicyclic) bond motifs is 2. The van der Waals surface area contributed by atoms with Crippen molar-refractivity contribution >= 4 is 33.6 Å². The van der Waals surface area contributed by atoms with Crippen molar-refractivity contribution in [1.82, 2.24) is 14.5 Å². The van der Waals surface area contributed by atoms with Crippen LogP contribution in [-0.2, 0) is 9.47 Å². The van der Waals surface area contributed by atoms with E-state index in [9.17, 15) is 4.79 Å². The van der Waals surface area contributed by atoms with Crippen LogP contribution < -0.4 is 4.90 Å². The summed E-state index contributed by atoms with van der Waals surface area (Å²) in [6, 6.07) is 14.1. The number of pyridine rings is 1. The Kier molecular flexibility index (Phi) is 4.59. The van der Waals surface area contributed by atoms with E-state index in [1.54, 1.807) is 0 Å². The van der Waals surface area contributed by atoms with Gasteiger partial charge in [-0.15, -0.1) is 0 Å². The number of aryl methyl sites for hydroxylation is 1. The van der Waals surface area contributed by atoms with Crippen LogP contribution in [-0.4, -0.2) is 53.9 Å². The van der Waals surface area contributed by atoms with Gasteiger partial charge in [-0.3, -0.25) is 9.55 Å². The molecule has 4 aromatic rings. The zero-order chi connectivity index (χ0) is 20.7. The van der Waals surface area contributed by atoms with Crippen LogP contribution in [0.5, 0.6) is 0 Å². The number of morpholine rings is 1. The third kappa shape index (κ3) is 3.07. The predicted octanol–water partition coefficient (Wildman–Crippen LogP) is 3.51. The molecule has 2 aromatic carbocycles. The molecule has 0 atom stereocenters. The number of aromatic nitrogens is 3. The molecule has 0 radical (unpaired) electrons. The standard InChI is InChI=1S/C23H22N4O3/c1-15-25-22-19(23(28)29-2)12-17(26-7-9-30-10-8-26)13-21(22)27(15)18-11-16-5-3-4-6-20(16)24-14-18/h3-6,11-14H,7-10H2,1-2H3. The Morgan fingerprint density at radius 3 is 2.70 bits per heavy atom. The Morgan fingerprint density at radius 1 is 1.10 bits per heavy atom. The molecule has 0 saturated carbocycles. The fourth-order valence-electron chi connectivity index (χ4n) is 4.06. The van der Waals surface area contributed by atoms with Crippen molar-refractivity contribution in [2.45, 2.75) is 6.92 Å². The van der Waals surface area contributed by atoms with Crippen molar-refractivity contribution in [1.29, 1.82) is 0 Å². The molecule has 1 aliphatic rings. The van der Waals surface area contributed by atoms with E-state index in [1.165, 1.54) is 7.11 Å². The molecule has 0 aliphatic carbocycles. The van der Waals surface area contributed by atoms with Gasteiger partial charge >= 0.3 is 5.97 Å². The summed E-state index contributed by atoms with van der Waals surface area (Å²) in [5.74, 6) is 0.391. The van der Waals surface area contributed by atoms with Crippen molar-refractivity contribution in [3.63, 3.8) is 0 Å². The molecule has 7 heteroatoms. The highest BCUT2D eigenvalue weighted by Crippen LogP contribution is 2.31. The van der Waals surface area contributed by atoms with Gasteiger partial charge in [0.15, 0.2) is 0 Å². The lowest BCUT2D eigenvalue weighted by molar-refractivity contribution is 0.0603. The van der Waals surface area contributed by atoms with E-state index in [-0.39, 0.29) is 0 Å². The number of carbonyl (C=O) groups is 1. The van der Waals surface area contributed by atoms with Gasteiger partial charge in [-0.1, -0.05) is 18.2 Å². The van der Waals surface area contributed by atoms with Gasteiger partial charge in [-0.2, -0.15) is 0 Å². The van der Waals surface area contributed by atoms with Crippen LogP contribution in [0, 0.1) is 6.92 Å². The van der Waals surface area contributed by atoms with E-state index >= 15 is 0 Å². The summed E-state index contributed by atoms with van der Waals surface area (Å²) in [5.41, 5.74) is 4.75. The number of imidazole rings is 1. The Labute approximate surface area is 173 Å². The summed E-state index contributed by atoms with van der Waals surface area (Å²) in [5, 5.41) is 1.05. The Balaban J connectivity index is 1.74. The second-order valence-corrected chi connectivity index (χ2v) is 7.33. The average molecular weight is 402 g/mol. The van der Waals surface area contributed by atoms with Crippen LogP contribution in [0.15, 0.2) is 48.7 Å². The van der Waals surface area contributed by atoms with Crippen LogP contribution >= 0.6 is 0 Å². The molecule has 1 aliphatic heterocycles. The number of anilines is 1. The van der Waals surface area contributed by atoms with E-state index in [0.29, 0.717) is 24.3 Å². The van der Waals surface area contributed by atoms with Crippen LogP contribution in [0.2, 0.25) is 0 Å². The Hall–Kier alpha value is -3.45. The summed E-state index contributed by atoms with van der Waals surface area (Å²) in [7, 11) is 1.40. The fraction of sp³-hybridized carbons (Fsp3) is 0.261. The molecule has 0 unspecified atom stereocenters. The highest BCUT2D eigenvalue weighted by atomic mass is 16.5. The largest absolute Gasteiger partial charge is 0.465 e. The number of carbonyl (C=O) groups excluding carboxylic acids is 1. The van der Waals surface area contributed by atoms with E-state index in [1.807, 2.05) is 48.0 Å². The number of benzene rings is 2. The van der Waals surface area contributed by atoms with E-state index in [4.69, 9.17) is 14.5 Å². The van der Waals surface area contributed by atoms with Gasteiger partial charge in [0, 0.05) is 24.2 Å². The van der Waals surface area contributed by atoms with Crippen molar-refractivity contribution in [3.05, 3.63) is 60.0 Å². The van der Waals surface area contributed by atoms with Gasteiger partial charge < -0.3 is 14.4 Å². The van der Waals surface area contributed by atoms with Gasteiger partial charge in [0.2, 0.25) is 0 Å². The Bertz CT molecular complexity index is 1260. The minimum Gasteiger partial charge on any atom is -0.465 e. The van der Waals surface area contributed by atoms with Crippen molar-refractivity contribution in [2.75, 3.05) is 38.3 Å². The van der Waals surface area contributed by atoms with Gasteiger partial charge in [-0.25, -0.2) is 9.78 Å². The fourth-order valence-corrected chi connectivity index (χ4v) is 4.06. The number of esters is 1. The second kappa shape index (κ2) is 7.42. The normalized spacial score (nSPS) is 14.4. The number of nitrogens with zero attached hydrogens (tertiary/aromatic N) is 4. The summed E-state index contributed by atoms with van der Waals surface area (Å²) in [6.45, 7) is 4.81. The minimum atomic E-state index is -0.392.